The van der Waals surface area contributed by atoms with Crippen molar-refractivity contribution in [1.82, 2.24) is 9.97 Å². The lowest BCUT2D eigenvalue weighted by Gasteiger charge is -2.12. The van der Waals surface area contributed by atoms with Crippen LogP contribution < -0.4 is 20.5 Å². The average Bonchev–Trinajstić information content (AvgIpc) is 2.54. The molecule has 0 aliphatic heterocycles. The van der Waals surface area contributed by atoms with Crippen molar-refractivity contribution in [3.63, 3.8) is 0 Å². The summed E-state index contributed by atoms with van der Waals surface area (Å²) in [5.74, 6) is 2.07. The Labute approximate surface area is 127 Å². The zero-order chi connectivity index (χ0) is 15.9. The molecule has 0 atom stereocenters. The molecule has 1 aromatic carbocycles. The molecule has 0 unspecified atom stereocenters. The fraction of sp³-hybridized carbons (Fsp3) is 0.214. The van der Waals surface area contributed by atoms with E-state index in [1.54, 1.807) is 32.4 Å². The van der Waals surface area contributed by atoms with Crippen LogP contribution in [-0.4, -0.2) is 37.5 Å². The summed E-state index contributed by atoms with van der Waals surface area (Å²) in [5, 5.41) is 6.83. The summed E-state index contributed by atoms with van der Waals surface area (Å²) in [7, 11) is 4.60. The third-order valence-electron chi connectivity index (χ3n) is 2.82. The van der Waals surface area contributed by atoms with E-state index in [0.717, 1.165) is 5.69 Å². The lowest BCUT2D eigenvalue weighted by Crippen LogP contribution is -2.05. The van der Waals surface area contributed by atoms with Gasteiger partial charge in [-0.05, 0) is 0 Å². The van der Waals surface area contributed by atoms with Gasteiger partial charge in [-0.2, -0.15) is 0 Å². The molecule has 0 radical (unpaired) electrons. The second kappa shape index (κ2) is 7.11. The number of aromatic nitrogens is 2. The van der Waals surface area contributed by atoms with Crippen LogP contribution in [0.3, 0.4) is 0 Å². The SMILES string of the molecule is CON=Cc1c(N)ncnc1Nc1cc(OC)cc(OC)c1. The van der Waals surface area contributed by atoms with E-state index in [4.69, 9.17) is 15.2 Å². The van der Waals surface area contributed by atoms with Gasteiger partial charge in [-0.15, -0.1) is 0 Å². The van der Waals surface area contributed by atoms with E-state index >= 15 is 0 Å². The average molecular weight is 303 g/mol. The molecule has 2 rings (SSSR count). The number of nitrogen functional groups attached to an aromatic ring is 1. The fourth-order valence-corrected chi connectivity index (χ4v) is 1.76. The molecular formula is C14H17N5O3. The molecule has 22 heavy (non-hydrogen) atoms. The van der Waals surface area contributed by atoms with Crippen LogP contribution in [0.1, 0.15) is 5.56 Å². The Morgan fingerprint density at radius 3 is 2.36 bits per heavy atom. The van der Waals surface area contributed by atoms with Crippen LogP contribution in [0, 0.1) is 0 Å². The van der Waals surface area contributed by atoms with Crippen LogP contribution in [0.5, 0.6) is 11.5 Å². The molecule has 0 bridgehead atoms. The molecule has 116 valence electrons. The first-order chi connectivity index (χ1) is 10.7. The predicted octanol–water partition coefficient (Wildman–Crippen LogP) is 1.80. The van der Waals surface area contributed by atoms with Crippen molar-refractivity contribution >= 4 is 23.5 Å². The Bertz CT molecular complexity index is 653. The summed E-state index contributed by atoms with van der Waals surface area (Å²) in [4.78, 5) is 12.8. The molecule has 2 aromatic rings. The molecule has 0 saturated carbocycles. The summed E-state index contributed by atoms with van der Waals surface area (Å²) in [6, 6.07) is 5.38. The number of anilines is 3. The highest BCUT2D eigenvalue weighted by molar-refractivity contribution is 5.92. The number of benzene rings is 1. The summed E-state index contributed by atoms with van der Waals surface area (Å²) >= 11 is 0. The Morgan fingerprint density at radius 1 is 1.09 bits per heavy atom. The Balaban J connectivity index is 2.38. The van der Waals surface area contributed by atoms with Crippen LogP contribution in [0.15, 0.2) is 29.7 Å². The van der Waals surface area contributed by atoms with Gasteiger partial charge in [-0.25, -0.2) is 9.97 Å². The Kier molecular flexibility index (Phi) is 4.97. The van der Waals surface area contributed by atoms with Crippen molar-refractivity contribution in [3.8, 4) is 11.5 Å². The number of hydrogen-bond acceptors (Lipinski definition) is 8. The molecule has 0 aliphatic rings. The van der Waals surface area contributed by atoms with Crippen molar-refractivity contribution in [2.45, 2.75) is 0 Å². The standard InChI is InChI=1S/C14H17N5O3/c1-20-10-4-9(5-11(6-10)21-2)19-14-12(7-18-22-3)13(15)16-8-17-14/h4-8H,1-3H3,(H3,15,16,17,19). The number of ether oxygens (including phenoxy) is 2. The van der Waals surface area contributed by atoms with E-state index in [1.807, 2.05) is 0 Å². The number of oxime groups is 1. The Morgan fingerprint density at radius 2 is 1.77 bits per heavy atom. The minimum absolute atomic E-state index is 0.285. The fourth-order valence-electron chi connectivity index (χ4n) is 1.76. The second-order valence-electron chi connectivity index (χ2n) is 4.16. The van der Waals surface area contributed by atoms with Crippen molar-refractivity contribution in [1.29, 1.82) is 0 Å². The normalized spacial score (nSPS) is 10.5. The van der Waals surface area contributed by atoms with Crippen LogP contribution in [0.2, 0.25) is 0 Å². The van der Waals surface area contributed by atoms with Crippen molar-refractivity contribution < 1.29 is 14.3 Å². The van der Waals surface area contributed by atoms with E-state index in [0.29, 0.717) is 22.9 Å². The monoisotopic (exact) mass is 303 g/mol. The molecule has 0 fully saturated rings. The first-order valence-electron chi connectivity index (χ1n) is 6.35. The minimum Gasteiger partial charge on any atom is -0.497 e. The largest absolute Gasteiger partial charge is 0.497 e. The van der Waals surface area contributed by atoms with Gasteiger partial charge in [0.05, 0.1) is 26.0 Å². The van der Waals surface area contributed by atoms with E-state index < -0.39 is 0 Å². The highest BCUT2D eigenvalue weighted by Gasteiger charge is 2.09. The van der Waals surface area contributed by atoms with Gasteiger partial charge in [0.15, 0.2) is 0 Å². The van der Waals surface area contributed by atoms with Crippen molar-refractivity contribution in [2.75, 3.05) is 32.4 Å². The molecule has 0 spiro atoms. The summed E-state index contributed by atoms with van der Waals surface area (Å²) in [6.07, 6.45) is 2.80. The zero-order valence-corrected chi connectivity index (χ0v) is 12.5. The van der Waals surface area contributed by atoms with E-state index in [1.165, 1.54) is 19.7 Å². The third-order valence-corrected chi connectivity index (χ3v) is 2.82. The first-order valence-corrected chi connectivity index (χ1v) is 6.35. The van der Waals surface area contributed by atoms with Gasteiger partial charge in [0.2, 0.25) is 0 Å². The topological polar surface area (TPSA) is 104 Å². The zero-order valence-electron chi connectivity index (χ0n) is 12.5. The van der Waals surface area contributed by atoms with Gasteiger partial charge in [-0.1, -0.05) is 5.16 Å². The molecule has 8 nitrogen and oxygen atoms in total. The third kappa shape index (κ3) is 3.54. The predicted molar refractivity (Wildman–Crippen MR) is 83.9 cm³/mol. The second-order valence-corrected chi connectivity index (χ2v) is 4.16. The number of hydrogen-bond donors (Lipinski definition) is 2. The van der Waals surface area contributed by atoms with Gasteiger partial charge in [0.1, 0.15) is 36.6 Å². The van der Waals surface area contributed by atoms with Gasteiger partial charge in [-0.3, -0.25) is 0 Å². The van der Waals surface area contributed by atoms with E-state index in [-0.39, 0.29) is 5.82 Å². The molecule has 8 heteroatoms. The summed E-state index contributed by atoms with van der Waals surface area (Å²) < 4.78 is 10.5. The summed E-state index contributed by atoms with van der Waals surface area (Å²) in [6.45, 7) is 0. The van der Waals surface area contributed by atoms with Crippen molar-refractivity contribution in [2.24, 2.45) is 5.16 Å². The minimum atomic E-state index is 0.285. The molecule has 1 heterocycles. The van der Waals surface area contributed by atoms with Crippen LogP contribution in [0.4, 0.5) is 17.3 Å². The number of nitrogens with two attached hydrogens (primary N) is 1. The van der Waals surface area contributed by atoms with Crippen LogP contribution >= 0.6 is 0 Å². The number of methoxy groups -OCH3 is 2. The molecule has 0 saturated heterocycles. The highest BCUT2D eigenvalue weighted by Crippen LogP contribution is 2.28. The highest BCUT2D eigenvalue weighted by atomic mass is 16.6. The van der Waals surface area contributed by atoms with Gasteiger partial charge < -0.3 is 25.4 Å². The summed E-state index contributed by atoms with van der Waals surface area (Å²) in [5.41, 5.74) is 7.08. The van der Waals surface area contributed by atoms with Crippen LogP contribution in [0.25, 0.3) is 0 Å². The first kappa shape index (κ1) is 15.4. The maximum absolute atomic E-state index is 5.84. The van der Waals surface area contributed by atoms with Crippen molar-refractivity contribution in [3.05, 3.63) is 30.1 Å². The number of rotatable bonds is 6. The van der Waals surface area contributed by atoms with Gasteiger partial charge in [0.25, 0.3) is 0 Å². The smallest absolute Gasteiger partial charge is 0.144 e. The maximum atomic E-state index is 5.84. The van der Waals surface area contributed by atoms with Gasteiger partial charge >= 0.3 is 0 Å². The molecule has 3 N–H and O–H groups in total. The van der Waals surface area contributed by atoms with E-state index in [9.17, 15) is 0 Å². The lowest BCUT2D eigenvalue weighted by atomic mass is 10.2. The quantitative estimate of drug-likeness (QED) is 0.619. The molecule has 0 amide bonds. The van der Waals surface area contributed by atoms with Crippen LogP contribution in [-0.2, 0) is 4.84 Å². The maximum Gasteiger partial charge on any atom is 0.144 e. The number of nitrogens with one attached hydrogen (secondary N) is 1. The van der Waals surface area contributed by atoms with Gasteiger partial charge in [0, 0.05) is 23.9 Å². The molecular weight excluding hydrogens is 286 g/mol. The lowest BCUT2D eigenvalue weighted by molar-refractivity contribution is 0.215. The van der Waals surface area contributed by atoms with E-state index in [2.05, 4.69) is 25.3 Å². The molecule has 0 aliphatic carbocycles. The number of nitrogens with zero attached hydrogens (tertiary/aromatic N) is 3. The molecule has 1 aromatic heterocycles. The Hall–Kier alpha value is -3.03.